The Bertz CT molecular complexity index is 2390. The van der Waals surface area contributed by atoms with Gasteiger partial charge in [0, 0.05) is 16.5 Å². The van der Waals surface area contributed by atoms with Crippen LogP contribution in [0.4, 0.5) is 42.1 Å². The molecular formula is C41H29ClF7N3O6. The number of rotatable bonds is 6. The average Bonchev–Trinajstić information content (AvgIpc) is 3.56. The average molecular weight is 828 g/mol. The summed E-state index contributed by atoms with van der Waals surface area (Å²) in [4.78, 5) is 58.9. The summed E-state index contributed by atoms with van der Waals surface area (Å²) >= 11 is 6.29. The summed E-state index contributed by atoms with van der Waals surface area (Å²) in [7, 11) is 1.29. The first kappa shape index (κ1) is 38.9. The highest BCUT2D eigenvalue weighted by atomic mass is 35.5. The number of halogens is 8. The van der Waals surface area contributed by atoms with Gasteiger partial charge in [-0.3, -0.25) is 24.6 Å². The minimum absolute atomic E-state index is 0.0157. The molecule has 4 aromatic carbocycles. The van der Waals surface area contributed by atoms with E-state index in [0.717, 1.165) is 17.1 Å². The van der Waals surface area contributed by atoms with Crippen molar-refractivity contribution in [3.8, 4) is 11.5 Å². The van der Waals surface area contributed by atoms with Gasteiger partial charge in [0.15, 0.2) is 11.5 Å². The number of hydrogen-bond acceptors (Lipinski definition) is 7. The van der Waals surface area contributed by atoms with E-state index in [2.05, 4.69) is 5.43 Å². The molecule has 0 spiro atoms. The molecule has 2 saturated heterocycles. The smallest absolute Gasteiger partial charge is 0.416 e. The Morgan fingerprint density at radius 1 is 0.828 bits per heavy atom. The van der Waals surface area contributed by atoms with Crippen LogP contribution in [0.1, 0.15) is 41.0 Å². The summed E-state index contributed by atoms with van der Waals surface area (Å²) in [5, 5.41) is 12.8. The number of fused-ring (bicyclic) bond motifs is 4. The molecule has 2 aliphatic carbocycles. The van der Waals surface area contributed by atoms with E-state index in [-0.39, 0.29) is 46.5 Å². The largest absolute Gasteiger partial charge is 0.504 e. The van der Waals surface area contributed by atoms with Gasteiger partial charge in [-0.1, -0.05) is 47.5 Å². The number of ether oxygens (including phenoxy) is 1. The zero-order valence-electron chi connectivity index (χ0n) is 29.9. The number of imide groups is 2. The first-order valence-electron chi connectivity index (χ1n) is 17.8. The zero-order valence-corrected chi connectivity index (χ0v) is 30.6. The summed E-state index contributed by atoms with van der Waals surface area (Å²) < 4.78 is 103. The molecule has 1 saturated carbocycles. The first-order valence-corrected chi connectivity index (χ1v) is 18.2. The maximum Gasteiger partial charge on any atom is 0.416 e. The normalized spacial score (nSPS) is 25.7. The summed E-state index contributed by atoms with van der Waals surface area (Å²) in [5.74, 6) is -11.2. The summed E-state index contributed by atoms with van der Waals surface area (Å²) in [6.45, 7) is 0. The predicted octanol–water partition coefficient (Wildman–Crippen LogP) is 8.42. The number of carbonyl (C=O) groups excluding carboxylic acids is 4. The second kappa shape index (κ2) is 13.6. The molecule has 4 amide bonds. The van der Waals surface area contributed by atoms with Crippen molar-refractivity contribution in [2.45, 2.75) is 36.5 Å². The highest BCUT2D eigenvalue weighted by Crippen LogP contribution is 2.65. The lowest BCUT2D eigenvalue weighted by molar-refractivity contribution is -0.143. The number of phenolic OH excluding ortho intramolecular Hbond substituents is 1. The molecular weight excluding hydrogens is 799 g/mol. The van der Waals surface area contributed by atoms with E-state index in [1.807, 2.05) is 0 Å². The molecule has 6 atom stereocenters. The van der Waals surface area contributed by atoms with Gasteiger partial charge in [-0.2, -0.15) is 31.4 Å². The Morgan fingerprint density at radius 2 is 1.47 bits per heavy atom. The maximum atomic E-state index is 15.2. The number of phenols is 1. The highest BCUT2D eigenvalue weighted by Gasteiger charge is 2.71. The number of benzene rings is 4. The predicted molar refractivity (Wildman–Crippen MR) is 193 cm³/mol. The molecule has 2 heterocycles. The number of alkyl halides is 6. The van der Waals surface area contributed by atoms with Crippen molar-refractivity contribution in [3.05, 3.63) is 130 Å². The third-order valence-electron chi connectivity index (χ3n) is 11.6. The van der Waals surface area contributed by atoms with Crippen molar-refractivity contribution >= 4 is 46.6 Å². The van der Waals surface area contributed by atoms with Crippen molar-refractivity contribution < 1.29 is 59.8 Å². The van der Waals surface area contributed by atoms with Crippen LogP contribution in [0.5, 0.6) is 11.5 Å². The number of nitrogens with one attached hydrogen (secondary N) is 1. The lowest BCUT2D eigenvalue weighted by atomic mass is 9.49. The van der Waals surface area contributed by atoms with Gasteiger partial charge in [0.2, 0.25) is 11.8 Å². The SMILES string of the molecule is COc1cccc([C@H]2C3=CC[C@@H]4C(=O)N(c5cc(C(F)(F)F)cc(C(F)(F)F)c5)C(=O)[C@@H]4[C@@H]3C[C@H]3C(=O)N(Nc4ccc(F)cc4)C(=O)[C@@]23c2ccc(Cl)cc2)c1O. The van der Waals surface area contributed by atoms with Crippen LogP contribution in [0, 0.1) is 29.5 Å². The Hall–Kier alpha value is -5.90. The molecule has 300 valence electrons. The van der Waals surface area contributed by atoms with Gasteiger partial charge in [-0.25, -0.2) is 9.29 Å². The number of hydrazine groups is 1. The molecule has 4 aromatic rings. The van der Waals surface area contributed by atoms with Crippen LogP contribution in [0.15, 0.2) is 96.6 Å². The van der Waals surface area contributed by atoms with Crippen molar-refractivity contribution in [2.24, 2.45) is 23.7 Å². The molecule has 0 unspecified atom stereocenters. The first-order chi connectivity index (χ1) is 27.4. The molecule has 9 nitrogen and oxygen atoms in total. The van der Waals surface area contributed by atoms with Crippen molar-refractivity contribution in [1.82, 2.24) is 5.01 Å². The van der Waals surface area contributed by atoms with Gasteiger partial charge in [0.05, 0.1) is 52.8 Å². The van der Waals surface area contributed by atoms with Crippen LogP contribution in [-0.4, -0.2) is 40.9 Å². The zero-order chi connectivity index (χ0) is 41.6. The number of allylic oxidation sites excluding steroid dienone is 2. The van der Waals surface area contributed by atoms with Crippen LogP contribution >= 0.6 is 11.6 Å². The number of nitrogens with zero attached hydrogens (tertiary/aromatic N) is 2. The fourth-order valence-corrected chi connectivity index (χ4v) is 9.38. The fourth-order valence-electron chi connectivity index (χ4n) is 9.26. The molecule has 3 fully saturated rings. The topological polar surface area (TPSA) is 116 Å². The molecule has 8 rings (SSSR count). The van der Waals surface area contributed by atoms with Gasteiger partial charge < -0.3 is 9.84 Å². The van der Waals surface area contributed by atoms with E-state index in [9.17, 15) is 50.2 Å². The molecule has 0 radical (unpaired) electrons. The molecule has 2 N–H and O–H groups in total. The second-order valence-electron chi connectivity index (χ2n) is 14.5. The maximum absolute atomic E-state index is 15.2. The number of anilines is 2. The van der Waals surface area contributed by atoms with Crippen molar-refractivity contribution in [2.75, 3.05) is 17.4 Å². The van der Waals surface area contributed by atoms with Crippen molar-refractivity contribution in [3.63, 3.8) is 0 Å². The standard InChI is InChI=1S/C41H29ClF7N3O6/c1-58-31-4-2-3-28(34(31)53)33-26-13-14-27-32(37(56)51(35(27)54)25-16-20(40(44,45)46)15-21(17-25)41(47,48)49)29(26)18-30-36(55)52(50-24-11-9-23(43)10-12-24)38(57)39(30,33)19-5-7-22(42)8-6-19/h2-13,15-17,27,29-30,32-33,50,53H,14,18H2,1H3/t27-,29+,30-,32-,33+,39+/m0/s1. The van der Waals surface area contributed by atoms with Crippen LogP contribution in [0.2, 0.25) is 5.02 Å². The van der Waals surface area contributed by atoms with Gasteiger partial charge in [0.25, 0.3) is 11.8 Å². The van der Waals surface area contributed by atoms with Gasteiger partial charge in [0.1, 0.15) is 5.82 Å². The van der Waals surface area contributed by atoms with Crippen LogP contribution in [-0.2, 0) is 36.9 Å². The third kappa shape index (κ3) is 5.90. The van der Waals surface area contributed by atoms with Crippen LogP contribution in [0.25, 0.3) is 0 Å². The fraction of sp³-hybridized carbons (Fsp3) is 0.268. The number of amides is 4. The highest BCUT2D eigenvalue weighted by molar-refractivity contribution is 6.30. The Labute approximate surface area is 329 Å². The van der Waals surface area contributed by atoms with E-state index >= 15 is 4.79 Å². The quantitative estimate of drug-likeness (QED) is 0.114. The minimum atomic E-state index is -5.27. The summed E-state index contributed by atoms with van der Waals surface area (Å²) in [6.07, 6.45) is -9.49. The van der Waals surface area contributed by atoms with E-state index in [0.29, 0.717) is 22.6 Å². The monoisotopic (exact) mass is 827 g/mol. The van der Waals surface area contributed by atoms with Gasteiger partial charge >= 0.3 is 12.4 Å². The Kier molecular flexibility index (Phi) is 9.14. The van der Waals surface area contributed by atoms with Gasteiger partial charge in [-0.05, 0) is 85.0 Å². The molecule has 0 bridgehead atoms. The number of carbonyl (C=O) groups is 4. The number of hydrogen-bond donors (Lipinski definition) is 2. The molecule has 58 heavy (non-hydrogen) atoms. The number of para-hydroxylation sites is 1. The van der Waals surface area contributed by atoms with Crippen LogP contribution < -0.4 is 15.1 Å². The third-order valence-corrected chi connectivity index (χ3v) is 11.9. The van der Waals surface area contributed by atoms with Crippen LogP contribution in [0.3, 0.4) is 0 Å². The van der Waals surface area contributed by atoms with E-state index in [1.54, 1.807) is 6.08 Å². The molecule has 2 aliphatic heterocycles. The lowest BCUT2D eigenvalue weighted by Gasteiger charge is -2.50. The van der Waals surface area contributed by atoms with Gasteiger partial charge in [-0.15, -0.1) is 0 Å². The molecule has 0 aromatic heterocycles. The van der Waals surface area contributed by atoms with E-state index in [1.165, 1.54) is 61.7 Å². The number of aromatic hydroxyl groups is 1. The summed E-state index contributed by atoms with van der Waals surface area (Å²) in [6, 6.07) is 15.8. The van der Waals surface area contributed by atoms with E-state index < -0.39 is 99.4 Å². The minimum Gasteiger partial charge on any atom is -0.504 e. The summed E-state index contributed by atoms with van der Waals surface area (Å²) in [5.41, 5.74) is -2.69. The van der Waals surface area contributed by atoms with E-state index in [4.69, 9.17) is 16.3 Å². The number of methoxy groups -OCH3 is 1. The Morgan fingerprint density at radius 3 is 2.07 bits per heavy atom. The second-order valence-corrected chi connectivity index (χ2v) is 15.0. The molecule has 17 heteroatoms. The molecule has 4 aliphatic rings. The van der Waals surface area contributed by atoms with Crippen molar-refractivity contribution in [1.29, 1.82) is 0 Å². The lowest BCUT2D eigenvalue weighted by Crippen LogP contribution is -2.53. The Balaban J connectivity index is 1.32.